The van der Waals surface area contributed by atoms with Crippen LogP contribution in [0.5, 0.6) is 5.75 Å². The number of anilines is 1. The zero-order valence-electron chi connectivity index (χ0n) is 11.6. The van der Waals surface area contributed by atoms with Crippen molar-refractivity contribution < 1.29 is 13.2 Å². The quantitative estimate of drug-likeness (QED) is 0.867. The Bertz CT molecular complexity index is 626. The minimum absolute atomic E-state index is 0.0440. The number of hydrogen-bond donors (Lipinski definition) is 2. The van der Waals surface area contributed by atoms with Crippen molar-refractivity contribution in [2.24, 2.45) is 16.0 Å². The fourth-order valence-electron chi connectivity index (χ4n) is 2.15. The molecular formula is C13H19N3O3S. The van der Waals surface area contributed by atoms with Gasteiger partial charge in [0.05, 0.1) is 17.9 Å². The van der Waals surface area contributed by atoms with Crippen LogP contribution in [0.2, 0.25) is 0 Å². The summed E-state index contributed by atoms with van der Waals surface area (Å²) >= 11 is 0. The molecule has 7 heteroatoms. The summed E-state index contributed by atoms with van der Waals surface area (Å²) in [5, 5.41) is 0. The van der Waals surface area contributed by atoms with Crippen molar-refractivity contribution in [3.63, 3.8) is 0 Å². The summed E-state index contributed by atoms with van der Waals surface area (Å²) in [6.07, 6.45) is 2.17. The minimum Gasteiger partial charge on any atom is -0.492 e. The van der Waals surface area contributed by atoms with Crippen molar-refractivity contribution in [1.82, 2.24) is 0 Å². The lowest BCUT2D eigenvalue weighted by atomic mass is 10.1. The van der Waals surface area contributed by atoms with E-state index in [1.54, 1.807) is 18.2 Å². The Morgan fingerprint density at radius 3 is 2.90 bits per heavy atom. The van der Waals surface area contributed by atoms with E-state index >= 15 is 0 Å². The third kappa shape index (κ3) is 3.22. The van der Waals surface area contributed by atoms with Gasteiger partial charge in [0, 0.05) is 0 Å². The molecule has 1 aromatic rings. The summed E-state index contributed by atoms with van der Waals surface area (Å²) in [6.45, 7) is 4.80. The van der Waals surface area contributed by atoms with Crippen LogP contribution in [0.1, 0.15) is 32.3 Å². The fourth-order valence-corrected chi connectivity index (χ4v) is 2.99. The van der Waals surface area contributed by atoms with Crippen molar-refractivity contribution in [3.05, 3.63) is 23.8 Å². The van der Waals surface area contributed by atoms with Gasteiger partial charge in [-0.2, -0.15) is 8.42 Å². The van der Waals surface area contributed by atoms with Gasteiger partial charge in [-0.3, -0.25) is 4.72 Å². The number of nitrogens with one attached hydrogen (secondary N) is 1. The van der Waals surface area contributed by atoms with Gasteiger partial charge in [0.2, 0.25) is 0 Å². The molecule has 1 aliphatic rings. The van der Waals surface area contributed by atoms with Gasteiger partial charge >= 0.3 is 10.2 Å². The van der Waals surface area contributed by atoms with Crippen LogP contribution in [0.15, 0.2) is 22.6 Å². The first-order chi connectivity index (χ1) is 9.43. The summed E-state index contributed by atoms with van der Waals surface area (Å²) in [4.78, 5) is 0. The van der Waals surface area contributed by atoms with Crippen molar-refractivity contribution in [2.75, 3.05) is 11.3 Å². The molecule has 110 valence electrons. The molecule has 0 amide bonds. The molecule has 0 aliphatic carbocycles. The maximum absolute atomic E-state index is 11.5. The first-order valence-electron chi connectivity index (χ1n) is 6.57. The number of benzene rings is 1. The highest BCUT2D eigenvalue weighted by Crippen LogP contribution is 2.30. The number of fused-ring (bicyclic) bond motifs is 1. The van der Waals surface area contributed by atoms with E-state index in [9.17, 15) is 8.42 Å². The van der Waals surface area contributed by atoms with Gasteiger partial charge in [-0.25, -0.2) is 0 Å². The van der Waals surface area contributed by atoms with Crippen LogP contribution in [-0.4, -0.2) is 20.9 Å². The van der Waals surface area contributed by atoms with Gasteiger partial charge in [-0.05, 0) is 24.5 Å². The lowest BCUT2D eigenvalue weighted by molar-refractivity contribution is 0.251. The van der Waals surface area contributed by atoms with Crippen molar-refractivity contribution in [3.8, 4) is 5.75 Å². The zero-order valence-corrected chi connectivity index (χ0v) is 12.4. The van der Waals surface area contributed by atoms with E-state index in [4.69, 9.17) is 10.5 Å². The predicted molar refractivity (Wildman–Crippen MR) is 79.3 cm³/mol. The van der Waals surface area contributed by atoms with E-state index in [-0.39, 0.29) is 5.84 Å². The topological polar surface area (TPSA) is 93.8 Å². The Hall–Kier alpha value is -1.76. The van der Waals surface area contributed by atoms with Crippen LogP contribution in [0.3, 0.4) is 0 Å². The summed E-state index contributed by atoms with van der Waals surface area (Å²) < 4.78 is 34.5. The van der Waals surface area contributed by atoms with Crippen LogP contribution >= 0.6 is 0 Å². The summed E-state index contributed by atoms with van der Waals surface area (Å²) in [7, 11) is -3.74. The highest BCUT2D eigenvalue weighted by atomic mass is 32.2. The molecule has 0 bridgehead atoms. The molecule has 0 saturated carbocycles. The average Bonchev–Trinajstić information content (AvgIpc) is 2.34. The number of hydrogen-bond acceptors (Lipinski definition) is 4. The lowest BCUT2D eigenvalue weighted by Gasteiger charge is -2.20. The molecule has 6 nitrogen and oxygen atoms in total. The Balaban J connectivity index is 2.25. The normalized spacial score (nSPS) is 17.6. The van der Waals surface area contributed by atoms with Gasteiger partial charge in [0.25, 0.3) is 0 Å². The molecule has 0 spiro atoms. The molecule has 20 heavy (non-hydrogen) atoms. The van der Waals surface area contributed by atoms with E-state index < -0.39 is 10.2 Å². The Labute approximate surface area is 119 Å². The molecule has 1 aromatic carbocycles. The summed E-state index contributed by atoms with van der Waals surface area (Å²) in [5.41, 5.74) is 6.65. The minimum atomic E-state index is -3.74. The zero-order chi connectivity index (χ0) is 14.8. The van der Waals surface area contributed by atoms with Crippen LogP contribution in [0.25, 0.3) is 0 Å². The van der Waals surface area contributed by atoms with Gasteiger partial charge in [-0.1, -0.05) is 26.3 Å². The molecule has 0 radical (unpaired) electrons. The number of ether oxygens (including phenoxy) is 1. The number of nitrogens with zero attached hydrogens (tertiary/aromatic N) is 1. The predicted octanol–water partition coefficient (Wildman–Crippen LogP) is 1.88. The second-order valence-corrected chi connectivity index (χ2v) is 6.27. The van der Waals surface area contributed by atoms with Crippen LogP contribution < -0.4 is 15.2 Å². The molecule has 1 heterocycles. The van der Waals surface area contributed by atoms with E-state index in [0.717, 1.165) is 12.8 Å². The largest absolute Gasteiger partial charge is 0.492 e. The fraction of sp³-hybridized carbons (Fsp3) is 0.462. The number of nitrogens with two attached hydrogens (primary N) is 1. The van der Waals surface area contributed by atoms with Gasteiger partial charge in [0.1, 0.15) is 5.75 Å². The van der Waals surface area contributed by atoms with Crippen molar-refractivity contribution in [1.29, 1.82) is 0 Å². The average molecular weight is 297 g/mol. The van der Waals surface area contributed by atoms with E-state index in [1.165, 1.54) is 0 Å². The van der Waals surface area contributed by atoms with Crippen LogP contribution in [-0.2, 0) is 10.2 Å². The monoisotopic (exact) mass is 297 g/mol. The Kier molecular flexibility index (Phi) is 4.17. The lowest BCUT2D eigenvalue weighted by Crippen LogP contribution is -2.27. The Morgan fingerprint density at radius 1 is 1.45 bits per heavy atom. The Morgan fingerprint density at radius 2 is 2.20 bits per heavy atom. The highest BCUT2D eigenvalue weighted by molar-refractivity contribution is 7.91. The molecule has 1 atom stereocenters. The third-order valence-corrected chi connectivity index (χ3v) is 3.96. The van der Waals surface area contributed by atoms with Gasteiger partial charge < -0.3 is 10.5 Å². The van der Waals surface area contributed by atoms with Crippen molar-refractivity contribution >= 4 is 21.7 Å². The number of rotatable bonds is 5. The van der Waals surface area contributed by atoms with Crippen LogP contribution in [0.4, 0.5) is 5.69 Å². The molecule has 2 rings (SSSR count). The molecular weight excluding hydrogens is 278 g/mol. The molecule has 0 aromatic heterocycles. The smallest absolute Gasteiger partial charge is 0.344 e. The molecule has 0 saturated heterocycles. The highest BCUT2D eigenvalue weighted by Gasteiger charge is 2.24. The number of amidine groups is 1. The van der Waals surface area contributed by atoms with Gasteiger partial charge in [-0.15, -0.1) is 4.40 Å². The second kappa shape index (κ2) is 5.70. The first kappa shape index (κ1) is 14.6. The van der Waals surface area contributed by atoms with Crippen molar-refractivity contribution in [2.45, 2.75) is 26.7 Å². The van der Waals surface area contributed by atoms with E-state index in [0.29, 0.717) is 29.5 Å². The standard InChI is InChI=1S/C13H19N3O3S/c1-3-5-9(2)8-19-11-7-4-6-10-12(11)13(14)16-20(17,18)15-10/h4,6-7,9,15H,3,5,8H2,1-2H3,(H2,14,16). The molecule has 0 fully saturated rings. The SMILES string of the molecule is CCCC(C)COc1cccc2c1C(N)=NS(=O)(=O)N2. The summed E-state index contributed by atoms with van der Waals surface area (Å²) in [6, 6.07) is 5.12. The first-order valence-corrected chi connectivity index (χ1v) is 8.01. The van der Waals surface area contributed by atoms with E-state index in [2.05, 4.69) is 23.0 Å². The second-order valence-electron chi connectivity index (χ2n) is 4.94. The molecule has 3 N–H and O–H groups in total. The summed E-state index contributed by atoms with van der Waals surface area (Å²) in [5.74, 6) is 0.931. The maximum Gasteiger partial charge on any atom is 0.344 e. The van der Waals surface area contributed by atoms with Crippen LogP contribution in [0, 0.1) is 5.92 Å². The van der Waals surface area contributed by atoms with E-state index in [1.807, 2.05) is 0 Å². The molecule has 1 aliphatic heterocycles. The third-order valence-electron chi connectivity index (χ3n) is 3.04. The van der Waals surface area contributed by atoms with Gasteiger partial charge in [0.15, 0.2) is 5.84 Å². The molecule has 1 unspecified atom stereocenters. The maximum atomic E-state index is 11.5.